The van der Waals surface area contributed by atoms with Crippen molar-refractivity contribution in [2.24, 2.45) is 9.98 Å². The fraction of sp³-hybridized carbons (Fsp3) is 0.367. The monoisotopic (exact) mass is 1110 g/mol. The summed E-state index contributed by atoms with van der Waals surface area (Å²) in [6, 6.07) is 25.2. The normalized spacial score (nSPS) is 15.8. The molecule has 3 aliphatic heterocycles. The number of methoxy groups -OCH3 is 2. The van der Waals surface area contributed by atoms with Crippen LogP contribution in [0, 0.1) is 0 Å². The minimum atomic E-state index is -1.02. The lowest BCUT2D eigenvalue weighted by atomic mass is 10.1. The molecule has 3 heterocycles. The fourth-order valence-corrected chi connectivity index (χ4v) is 12.4. The number of aliphatic imine (C=N–C) groups is 2. The van der Waals surface area contributed by atoms with Gasteiger partial charge in [-0.1, -0.05) is 58.0 Å². The molecule has 0 unspecified atom stereocenters. The number of ether oxygens (including phenoxy) is 4. The van der Waals surface area contributed by atoms with E-state index in [1.165, 1.54) is 14.2 Å². The molecule has 5 aromatic carbocycles. The Morgan fingerprint density at radius 3 is 2.10 bits per heavy atom. The molecule has 5 aromatic rings. The van der Waals surface area contributed by atoms with Gasteiger partial charge in [-0.3, -0.25) is 38.9 Å². The molecular weight excluding hydrogens is 1040 g/mol. The first kappa shape index (κ1) is 57.5. The van der Waals surface area contributed by atoms with Gasteiger partial charge >= 0.3 is 0 Å². The van der Waals surface area contributed by atoms with E-state index >= 15 is 0 Å². The number of hydrogen-bond acceptors (Lipinski definition) is 14. The van der Waals surface area contributed by atoms with Crippen molar-refractivity contribution in [3.05, 3.63) is 124 Å². The predicted octanol–water partition coefficient (Wildman–Crippen LogP) is 10.3. The van der Waals surface area contributed by atoms with Crippen LogP contribution in [0.4, 0.5) is 28.4 Å². The number of amides is 5. The molecule has 79 heavy (non-hydrogen) atoms. The number of nitrogens with zero attached hydrogens (tertiary/aromatic N) is 4. The molecule has 4 atom stereocenters. The molecule has 0 saturated carbocycles. The van der Waals surface area contributed by atoms with E-state index in [0.717, 1.165) is 34.7 Å². The van der Waals surface area contributed by atoms with Crippen LogP contribution >= 0.6 is 21.6 Å². The molecule has 17 nitrogen and oxygen atoms in total. The smallest absolute Gasteiger partial charge is 0.261 e. The SMILES string of the molecule is C=Nc1cc(OCc2cc(COc3cc4c(cc3OC)C(=O)N3c5ccccc5C[C@H]3C=N4)cc(NC(=O)[C@H](C)NC(=O)[C@H](C)NC(=O)CCC(C)(C)SSCCCC(C)=O)c2)c(OC)cc1C(=O)N1c2ccccc2C[C@H]1C. The highest BCUT2D eigenvalue weighted by Gasteiger charge is 2.37. The first-order chi connectivity index (χ1) is 37.9. The van der Waals surface area contributed by atoms with E-state index in [4.69, 9.17) is 23.9 Å². The highest BCUT2D eigenvalue weighted by Crippen LogP contribution is 2.43. The highest BCUT2D eigenvalue weighted by atomic mass is 33.1. The number of nitrogens with one attached hydrogen (secondary N) is 3. The van der Waals surface area contributed by atoms with E-state index in [9.17, 15) is 28.8 Å². The number of para-hydroxylation sites is 2. The number of Topliss-reactive ketones (excluding diaryl/α,β-unsaturated/α-hetero) is 1. The summed E-state index contributed by atoms with van der Waals surface area (Å²) in [5, 5.41) is 8.39. The van der Waals surface area contributed by atoms with Gasteiger partial charge in [-0.2, -0.15) is 0 Å². The number of carbonyl (C=O) groups excluding carboxylic acids is 6. The molecule has 0 fully saturated rings. The molecule has 3 N–H and O–H groups in total. The van der Waals surface area contributed by atoms with E-state index < -0.39 is 23.9 Å². The molecule has 414 valence electrons. The summed E-state index contributed by atoms with van der Waals surface area (Å²) in [7, 11) is 6.33. The predicted molar refractivity (Wildman–Crippen MR) is 313 cm³/mol. The lowest BCUT2D eigenvalue weighted by Crippen LogP contribution is -2.50. The molecule has 8 rings (SSSR count). The van der Waals surface area contributed by atoms with Gasteiger partial charge in [0, 0.05) is 71.2 Å². The second-order valence-corrected chi connectivity index (χ2v) is 23.6. The fourth-order valence-electron chi connectivity index (χ4n) is 9.71. The van der Waals surface area contributed by atoms with Gasteiger partial charge in [0.05, 0.1) is 42.8 Å². The summed E-state index contributed by atoms with van der Waals surface area (Å²) in [4.78, 5) is 92.3. The van der Waals surface area contributed by atoms with Gasteiger partial charge < -0.3 is 44.6 Å². The average Bonchev–Trinajstić information content (AvgIpc) is 4.14. The van der Waals surface area contributed by atoms with Crippen molar-refractivity contribution >= 4 is 98.3 Å². The summed E-state index contributed by atoms with van der Waals surface area (Å²) in [6.07, 6.45) is 5.26. The molecule has 0 aromatic heterocycles. The van der Waals surface area contributed by atoms with Crippen molar-refractivity contribution in [3.8, 4) is 23.0 Å². The van der Waals surface area contributed by atoms with Crippen LogP contribution in [-0.4, -0.2) is 97.1 Å². The minimum absolute atomic E-state index is 0.0340. The second-order valence-electron chi connectivity index (χ2n) is 20.5. The van der Waals surface area contributed by atoms with Crippen LogP contribution in [0.25, 0.3) is 0 Å². The summed E-state index contributed by atoms with van der Waals surface area (Å²) in [5.41, 5.74) is 6.77. The van der Waals surface area contributed by atoms with Crippen LogP contribution in [0.5, 0.6) is 23.0 Å². The number of carbonyl (C=O) groups is 6. The molecule has 19 heteroatoms. The van der Waals surface area contributed by atoms with Crippen LogP contribution in [0.1, 0.15) is 110 Å². The zero-order valence-corrected chi connectivity index (χ0v) is 47.4. The Bertz CT molecular complexity index is 3200. The summed E-state index contributed by atoms with van der Waals surface area (Å²) in [5.74, 6) is 0.399. The second kappa shape index (κ2) is 25.4. The van der Waals surface area contributed by atoms with E-state index in [0.29, 0.717) is 76.5 Å². The van der Waals surface area contributed by atoms with Crippen molar-refractivity contribution in [1.29, 1.82) is 0 Å². The van der Waals surface area contributed by atoms with Crippen LogP contribution in [0.3, 0.4) is 0 Å². The molecule has 3 aliphatic rings. The maximum Gasteiger partial charge on any atom is 0.261 e. The molecule has 0 radical (unpaired) electrons. The zero-order chi connectivity index (χ0) is 56.5. The van der Waals surface area contributed by atoms with Gasteiger partial charge in [0.25, 0.3) is 11.8 Å². The van der Waals surface area contributed by atoms with Crippen molar-refractivity contribution in [2.45, 2.75) is 122 Å². The maximum absolute atomic E-state index is 14.2. The number of anilines is 3. The molecule has 5 amide bonds. The Kier molecular flexibility index (Phi) is 18.5. The number of hydrogen-bond donors (Lipinski definition) is 3. The summed E-state index contributed by atoms with van der Waals surface area (Å²) in [6.45, 7) is 14.5. The Labute approximate surface area is 469 Å². The number of benzene rings is 5. The Morgan fingerprint density at radius 2 is 1.43 bits per heavy atom. The zero-order valence-electron chi connectivity index (χ0n) is 45.8. The quantitative estimate of drug-likeness (QED) is 0.0300. The highest BCUT2D eigenvalue weighted by molar-refractivity contribution is 8.77. The lowest BCUT2D eigenvalue weighted by Gasteiger charge is -2.24. The molecule has 0 aliphatic carbocycles. The first-order valence-electron chi connectivity index (χ1n) is 26.2. The number of ketones is 1. The van der Waals surface area contributed by atoms with Gasteiger partial charge in [0.15, 0.2) is 23.0 Å². The van der Waals surface area contributed by atoms with Crippen molar-refractivity contribution in [2.75, 3.05) is 35.1 Å². The van der Waals surface area contributed by atoms with Crippen LogP contribution < -0.4 is 44.7 Å². The average molecular weight is 1110 g/mol. The van der Waals surface area contributed by atoms with Gasteiger partial charge in [-0.15, -0.1) is 0 Å². The van der Waals surface area contributed by atoms with Crippen molar-refractivity contribution in [1.82, 2.24) is 10.6 Å². The van der Waals surface area contributed by atoms with Gasteiger partial charge in [-0.25, -0.2) is 0 Å². The Hall–Kier alpha value is -7.64. The third kappa shape index (κ3) is 13.8. The largest absolute Gasteiger partial charge is 0.493 e. The van der Waals surface area contributed by atoms with E-state index in [1.807, 2.05) is 61.5 Å². The van der Waals surface area contributed by atoms with Crippen molar-refractivity contribution in [3.63, 3.8) is 0 Å². The van der Waals surface area contributed by atoms with Crippen molar-refractivity contribution < 1.29 is 47.7 Å². The standard InChI is InChI=1S/C60H67N7O10S2/c1-35-23-41-16-10-12-18-49(41)66(35)58(72)45-28-51(74-8)53(30-47(45)61-7)76-33-39-24-40(34-77-54-31-48-46(29-52(54)75-9)59(73)67-44(32-62-48)27-42-17-11-13-19-50(42)67)26-43(25-39)65-57(71)38(4)64-56(70)37(3)63-55(69)20-21-60(5,6)79-78-22-14-15-36(2)68/h10-13,16-19,24-26,28-32,35,37-38,44H,7,14-15,20-23,27,33-34H2,1-6,8-9H3,(H,63,69)(H,64,70)(H,65,71)/t35-,37+,38+,44+/m1/s1. The van der Waals surface area contributed by atoms with Gasteiger partial charge in [-0.05, 0) is 132 Å². The van der Waals surface area contributed by atoms with Crippen LogP contribution in [0.15, 0.2) is 101 Å². The van der Waals surface area contributed by atoms with Crippen LogP contribution in [0.2, 0.25) is 0 Å². The lowest BCUT2D eigenvalue weighted by molar-refractivity contribution is -0.130. The number of rotatable bonds is 24. The Morgan fingerprint density at radius 1 is 0.797 bits per heavy atom. The minimum Gasteiger partial charge on any atom is -0.493 e. The molecular formula is C60H67N7O10S2. The summed E-state index contributed by atoms with van der Waals surface area (Å²) < 4.78 is 24.2. The first-order valence-corrected chi connectivity index (χ1v) is 28.6. The summed E-state index contributed by atoms with van der Waals surface area (Å²) >= 11 is 0. The van der Waals surface area contributed by atoms with Crippen LogP contribution in [-0.2, 0) is 45.2 Å². The third-order valence-corrected chi connectivity index (χ3v) is 17.3. The molecule has 0 spiro atoms. The van der Waals surface area contributed by atoms with E-state index in [-0.39, 0.29) is 71.5 Å². The van der Waals surface area contributed by atoms with E-state index in [1.54, 1.807) is 94.8 Å². The maximum atomic E-state index is 14.2. The third-order valence-electron chi connectivity index (χ3n) is 13.9. The van der Waals surface area contributed by atoms with Gasteiger partial charge in [0.1, 0.15) is 31.1 Å². The molecule has 0 saturated heterocycles. The Balaban J connectivity index is 0.983. The van der Waals surface area contributed by atoms with E-state index in [2.05, 4.69) is 41.5 Å². The van der Waals surface area contributed by atoms with Gasteiger partial charge in [0.2, 0.25) is 17.7 Å². The topological polar surface area (TPSA) is 207 Å². The number of fused-ring (bicyclic) bond motifs is 5. The molecule has 0 bridgehead atoms.